The van der Waals surface area contributed by atoms with Gasteiger partial charge in [-0.25, -0.2) is 0 Å². The molecule has 0 saturated carbocycles. The lowest BCUT2D eigenvalue weighted by Crippen LogP contribution is -2.52. The van der Waals surface area contributed by atoms with Crippen LogP contribution in [0.15, 0.2) is 0 Å². The Balaban J connectivity index is 2.65. The molecule has 0 aliphatic carbocycles. The smallest absolute Gasteiger partial charge is 0.195 e. The van der Waals surface area contributed by atoms with Crippen LogP contribution in [0.25, 0.3) is 0 Å². The SMILES string of the molecule is C[C@@H]1[C@H](N)C[C@@H](O[Si](C)(C)C(C)(C)C)O[C@H]1C. The van der Waals surface area contributed by atoms with Gasteiger partial charge >= 0.3 is 0 Å². The lowest BCUT2D eigenvalue weighted by atomic mass is 9.92. The van der Waals surface area contributed by atoms with Crippen LogP contribution in [0.2, 0.25) is 18.1 Å². The molecule has 1 aliphatic heterocycles. The van der Waals surface area contributed by atoms with E-state index in [-0.39, 0.29) is 23.5 Å². The van der Waals surface area contributed by atoms with Crippen LogP contribution < -0.4 is 5.73 Å². The quantitative estimate of drug-likeness (QED) is 0.775. The zero-order chi connectivity index (χ0) is 13.4. The Labute approximate surface area is 107 Å². The van der Waals surface area contributed by atoms with Crippen molar-refractivity contribution in [2.24, 2.45) is 11.7 Å². The van der Waals surface area contributed by atoms with E-state index in [1.807, 2.05) is 0 Å². The van der Waals surface area contributed by atoms with Crippen LogP contribution in [0.1, 0.15) is 41.0 Å². The average molecular weight is 259 g/mol. The lowest BCUT2D eigenvalue weighted by Gasteiger charge is -2.44. The fraction of sp³-hybridized carbons (Fsp3) is 1.00. The van der Waals surface area contributed by atoms with Crippen molar-refractivity contribution in [1.82, 2.24) is 0 Å². The van der Waals surface area contributed by atoms with Gasteiger partial charge in [0.15, 0.2) is 8.32 Å². The van der Waals surface area contributed by atoms with Gasteiger partial charge in [-0.15, -0.1) is 0 Å². The number of rotatable bonds is 2. The summed E-state index contributed by atoms with van der Waals surface area (Å²) in [4.78, 5) is 0. The summed E-state index contributed by atoms with van der Waals surface area (Å²) in [5.41, 5.74) is 6.14. The Morgan fingerprint density at radius 1 is 1.24 bits per heavy atom. The third-order valence-corrected chi connectivity index (χ3v) is 8.94. The van der Waals surface area contributed by atoms with Crippen LogP contribution in [0, 0.1) is 5.92 Å². The van der Waals surface area contributed by atoms with Gasteiger partial charge in [0.05, 0.1) is 6.10 Å². The molecule has 4 heteroatoms. The van der Waals surface area contributed by atoms with Gasteiger partial charge in [-0.05, 0) is 31.0 Å². The zero-order valence-electron chi connectivity index (χ0n) is 12.4. The van der Waals surface area contributed by atoms with Crippen molar-refractivity contribution < 1.29 is 9.16 Å². The molecule has 0 aromatic carbocycles. The van der Waals surface area contributed by atoms with Crippen LogP contribution in [0.5, 0.6) is 0 Å². The molecule has 17 heavy (non-hydrogen) atoms. The van der Waals surface area contributed by atoms with Crippen LogP contribution >= 0.6 is 0 Å². The fourth-order valence-corrected chi connectivity index (χ4v) is 2.95. The molecule has 0 radical (unpaired) electrons. The maximum Gasteiger partial charge on any atom is 0.195 e. The molecular formula is C13H29NO2Si. The third-order valence-electron chi connectivity index (χ3n) is 4.48. The molecule has 0 aromatic heterocycles. The molecular weight excluding hydrogens is 230 g/mol. The molecule has 0 spiro atoms. The summed E-state index contributed by atoms with van der Waals surface area (Å²) in [6, 6.07) is 0.188. The predicted octanol–water partition coefficient (Wildman–Crippen LogP) is 3.11. The maximum absolute atomic E-state index is 6.27. The Hall–Kier alpha value is 0.0969. The first-order chi connectivity index (χ1) is 7.54. The minimum absolute atomic E-state index is 0.114. The summed E-state index contributed by atoms with van der Waals surface area (Å²) >= 11 is 0. The molecule has 102 valence electrons. The summed E-state index contributed by atoms with van der Waals surface area (Å²) in [7, 11) is -1.75. The molecule has 1 aliphatic rings. The highest BCUT2D eigenvalue weighted by Crippen LogP contribution is 2.39. The average Bonchev–Trinajstić information content (AvgIpc) is 2.11. The number of hydrogen-bond acceptors (Lipinski definition) is 3. The van der Waals surface area contributed by atoms with E-state index in [1.54, 1.807) is 0 Å². The van der Waals surface area contributed by atoms with E-state index < -0.39 is 8.32 Å². The van der Waals surface area contributed by atoms with Gasteiger partial charge in [0.2, 0.25) is 0 Å². The molecule has 4 atom stereocenters. The molecule has 0 aromatic rings. The van der Waals surface area contributed by atoms with E-state index in [0.29, 0.717) is 5.92 Å². The van der Waals surface area contributed by atoms with Crippen molar-refractivity contribution in [2.45, 2.75) is 77.6 Å². The normalized spacial score (nSPS) is 36.0. The number of ether oxygens (including phenoxy) is 1. The second-order valence-electron chi connectivity index (χ2n) is 6.91. The standard InChI is InChI=1S/C13H29NO2Si/c1-9-10(2)15-12(8-11(9)14)16-17(6,7)13(3,4)5/h9-12H,8,14H2,1-7H3/t9-,10-,11+,12+/m0/s1. The van der Waals surface area contributed by atoms with Crippen molar-refractivity contribution in [3.63, 3.8) is 0 Å². The van der Waals surface area contributed by atoms with E-state index in [1.165, 1.54) is 0 Å². The minimum atomic E-state index is -1.75. The van der Waals surface area contributed by atoms with Gasteiger partial charge in [0.1, 0.15) is 6.29 Å². The molecule has 2 N–H and O–H groups in total. The van der Waals surface area contributed by atoms with E-state index in [9.17, 15) is 0 Å². The van der Waals surface area contributed by atoms with Gasteiger partial charge in [0, 0.05) is 12.5 Å². The Morgan fingerprint density at radius 3 is 2.18 bits per heavy atom. The summed E-state index contributed by atoms with van der Waals surface area (Å²) in [6.07, 6.45) is 0.892. The van der Waals surface area contributed by atoms with Gasteiger partial charge in [-0.1, -0.05) is 27.7 Å². The van der Waals surface area contributed by atoms with Crippen LogP contribution in [0.4, 0.5) is 0 Å². The Bertz CT molecular complexity index is 251. The molecule has 1 heterocycles. The van der Waals surface area contributed by atoms with Crippen molar-refractivity contribution >= 4 is 8.32 Å². The molecule has 0 unspecified atom stereocenters. The Kier molecular flexibility index (Phi) is 4.45. The van der Waals surface area contributed by atoms with Gasteiger partial charge in [-0.3, -0.25) is 0 Å². The van der Waals surface area contributed by atoms with Crippen molar-refractivity contribution in [2.75, 3.05) is 0 Å². The molecule has 1 fully saturated rings. The van der Waals surface area contributed by atoms with E-state index in [4.69, 9.17) is 14.9 Å². The molecule has 1 saturated heterocycles. The monoisotopic (exact) mass is 259 g/mol. The summed E-state index contributed by atoms with van der Waals surface area (Å²) in [6.45, 7) is 15.5. The fourth-order valence-electron chi connectivity index (χ4n) is 1.79. The van der Waals surface area contributed by atoms with Crippen molar-refractivity contribution in [3.05, 3.63) is 0 Å². The van der Waals surface area contributed by atoms with Crippen LogP contribution in [-0.4, -0.2) is 26.8 Å². The van der Waals surface area contributed by atoms with Crippen LogP contribution in [-0.2, 0) is 9.16 Å². The van der Waals surface area contributed by atoms with Gasteiger partial charge in [0.25, 0.3) is 0 Å². The molecule has 1 rings (SSSR count). The summed E-state index contributed by atoms with van der Waals surface area (Å²) in [5.74, 6) is 0.411. The van der Waals surface area contributed by atoms with Crippen LogP contribution in [0.3, 0.4) is 0 Å². The summed E-state index contributed by atoms with van der Waals surface area (Å²) < 4.78 is 12.2. The second kappa shape index (κ2) is 5.00. The van der Waals surface area contributed by atoms with E-state index >= 15 is 0 Å². The van der Waals surface area contributed by atoms with Crippen molar-refractivity contribution in [1.29, 1.82) is 0 Å². The number of nitrogens with two attached hydrogens (primary N) is 1. The maximum atomic E-state index is 6.27. The summed E-state index contributed by atoms with van der Waals surface area (Å²) in [5, 5.41) is 0.215. The second-order valence-corrected chi connectivity index (χ2v) is 11.7. The topological polar surface area (TPSA) is 44.5 Å². The van der Waals surface area contributed by atoms with E-state index in [2.05, 4.69) is 47.7 Å². The van der Waals surface area contributed by atoms with E-state index in [0.717, 1.165) is 6.42 Å². The minimum Gasteiger partial charge on any atom is -0.392 e. The van der Waals surface area contributed by atoms with Gasteiger partial charge in [-0.2, -0.15) is 0 Å². The largest absolute Gasteiger partial charge is 0.392 e. The third kappa shape index (κ3) is 3.53. The zero-order valence-corrected chi connectivity index (χ0v) is 13.4. The highest BCUT2D eigenvalue weighted by atomic mass is 28.4. The Morgan fingerprint density at radius 2 is 1.76 bits per heavy atom. The molecule has 3 nitrogen and oxygen atoms in total. The molecule has 0 amide bonds. The predicted molar refractivity (Wildman–Crippen MR) is 74.4 cm³/mol. The highest BCUT2D eigenvalue weighted by Gasteiger charge is 2.42. The first kappa shape index (κ1) is 15.2. The molecule has 0 bridgehead atoms. The van der Waals surface area contributed by atoms with Gasteiger partial charge < -0.3 is 14.9 Å². The number of hydrogen-bond donors (Lipinski definition) is 1. The van der Waals surface area contributed by atoms with Crippen molar-refractivity contribution in [3.8, 4) is 0 Å². The highest BCUT2D eigenvalue weighted by molar-refractivity contribution is 6.74. The first-order valence-corrected chi connectivity index (χ1v) is 9.54. The lowest BCUT2D eigenvalue weighted by molar-refractivity contribution is -0.170. The first-order valence-electron chi connectivity index (χ1n) is 6.63.